The van der Waals surface area contributed by atoms with Crippen LogP contribution in [-0.2, 0) is 11.3 Å². The molecule has 8 heteroatoms. The number of halogens is 1. The maximum Gasteiger partial charge on any atom is 0.191 e. The first-order valence-corrected chi connectivity index (χ1v) is 9.28. The van der Waals surface area contributed by atoms with Gasteiger partial charge in [-0.1, -0.05) is 0 Å². The third kappa shape index (κ3) is 8.48. The minimum Gasteiger partial charge on any atom is -0.381 e. The molecule has 1 aliphatic carbocycles. The highest BCUT2D eigenvalue weighted by molar-refractivity contribution is 14.0. The molecule has 0 atom stereocenters. The van der Waals surface area contributed by atoms with Gasteiger partial charge in [-0.2, -0.15) is 0 Å². The molecule has 1 fully saturated rings. The Morgan fingerprint density at radius 1 is 1.42 bits per heavy atom. The average Bonchev–Trinajstić information content (AvgIpc) is 3.22. The van der Waals surface area contributed by atoms with Crippen LogP contribution in [0.5, 0.6) is 0 Å². The molecule has 0 aliphatic heterocycles. The minimum atomic E-state index is 0. The van der Waals surface area contributed by atoms with Crippen LogP contribution in [0.15, 0.2) is 10.4 Å². The van der Waals surface area contributed by atoms with Gasteiger partial charge in [-0.15, -0.1) is 35.3 Å². The van der Waals surface area contributed by atoms with Gasteiger partial charge in [-0.3, -0.25) is 0 Å². The van der Waals surface area contributed by atoms with Crippen molar-refractivity contribution in [1.29, 1.82) is 0 Å². The molecule has 0 amide bonds. The molecule has 1 saturated carbocycles. The molecule has 2 N–H and O–H groups in total. The smallest absolute Gasteiger partial charge is 0.191 e. The molecule has 6 nitrogen and oxygen atoms in total. The van der Waals surface area contributed by atoms with Crippen LogP contribution in [-0.4, -0.2) is 51.3 Å². The van der Waals surface area contributed by atoms with Crippen LogP contribution in [0, 0.1) is 5.92 Å². The summed E-state index contributed by atoms with van der Waals surface area (Å²) in [6.07, 6.45) is 3.70. The summed E-state index contributed by atoms with van der Waals surface area (Å²) in [6.45, 7) is 6.15. The number of aliphatic imine (C=N–C) groups is 1. The largest absolute Gasteiger partial charge is 0.381 e. The Kier molecular flexibility index (Phi) is 10.6. The van der Waals surface area contributed by atoms with Gasteiger partial charge in [0.25, 0.3) is 0 Å². The lowest BCUT2D eigenvalue weighted by molar-refractivity contribution is 0.123. The molecule has 1 heterocycles. The van der Waals surface area contributed by atoms with E-state index < -0.39 is 0 Å². The number of thiazole rings is 1. The van der Waals surface area contributed by atoms with E-state index in [1.165, 1.54) is 12.8 Å². The van der Waals surface area contributed by atoms with Crippen molar-refractivity contribution in [2.45, 2.75) is 32.7 Å². The number of hydrogen-bond acceptors (Lipinski definition) is 5. The first-order chi connectivity index (χ1) is 11.2. The fraction of sp³-hybridized carbons (Fsp3) is 0.750. The number of ether oxygens (including phenoxy) is 1. The van der Waals surface area contributed by atoms with Crippen LogP contribution in [0.1, 0.15) is 31.9 Å². The Morgan fingerprint density at radius 3 is 2.83 bits per heavy atom. The van der Waals surface area contributed by atoms with Gasteiger partial charge in [-0.25, -0.2) is 9.98 Å². The highest BCUT2D eigenvalue weighted by atomic mass is 127. The number of aromatic nitrogens is 1. The fourth-order valence-corrected chi connectivity index (χ4v) is 2.74. The van der Waals surface area contributed by atoms with E-state index in [9.17, 15) is 0 Å². The summed E-state index contributed by atoms with van der Waals surface area (Å²) in [5, 5.41) is 9.69. The maximum atomic E-state index is 5.64. The fourth-order valence-electron chi connectivity index (χ4n) is 1.99. The molecule has 0 bridgehead atoms. The normalized spacial score (nSPS) is 14.2. The molecule has 0 saturated heterocycles. The molecule has 24 heavy (non-hydrogen) atoms. The third-order valence-electron chi connectivity index (χ3n) is 3.47. The molecule has 1 aromatic rings. The van der Waals surface area contributed by atoms with Crippen molar-refractivity contribution in [2.75, 3.05) is 45.3 Å². The number of rotatable bonds is 10. The predicted molar refractivity (Wildman–Crippen MR) is 113 cm³/mol. The second-order valence-electron chi connectivity index (χ2n) is 6.01. The lowest BCUT2D eigenvalue weighted by Gasteiger charge is -2.11. The van der Waals surface area contributed by atoms with Crippen molar-refractivity contribution >= 4 is 46.4 Å². The number of hydrogen-bond donors (Lipinski definition) is 2. The molecule has 0 spiro atoms. The van der Waals surface area contributed by atoms with Gasteiger partial charge >= 0.3 is 0 Å². The van der Waals surface area contributed by atoms with Gasteiger partial charge in [0.15, 0.2) is 11.1 Å². The molecule has 1 aromatic heterocycles. The Balaban J connectivity index is 0.00000288. The molecular weight excluding hydrogens is 437 g/mol. The zero-order valence-corrected chi connectivity index (χ0v) is 18.0. The summed E-state index contributed by atoms with van der Waals surface area (Å²) in [7, 11) is 4.01. The van der Waals surface area contributed by atoms with Crippen LogP contribution in [0.2, 0.25) is 0 Å². The van der Waals surface area contributed by atoms with Crippen molar-refractivity contribution in [3.8, 4) is 0 Å². The first-order valence-electron chi connectivity index (χ1n) is 8.40. The van der Waals surface area contributed by atoms with E-state index in [0.717, 1.165) is 55.4 Å². The first kappa shape index (κ1) is 21.4. The summed E-state index contributed by atoms with van der Waals surface area (Å²) < 4.78 is 5.64. The summed E-state index contributed by atoms with van der Waals surface area (Å²) >= 11 is 1.65. The van der Waals surface area contributed by atoms with Crippen molar-refractivity contribution < 1.29 is 4.74 Å². The Morgan fingerprint density at radius 2 is 2.21 bits per heavy atom. The molecule has 0 radical (unpaired) electrons. The van der Waals surface area contributed by atoms with Crippen molar-refractivity contribution in [2.24, 2.45) is 10.9 Å². The van der Waals surface area contributed by atoms with Gasteiger partial charge < -0.3 is 20.3 Å². The number of nitrogens with zero attached hydrogens (tertiary/aromatic N) is 3. The molecule has 0 aromatic carbocycles. The number of anilines is 1. The molecule has 0 unspecified atom stereocenters. The highest BCUT2D eigenvalue weighted by Crippen LogP contribution is 2.28. The van der Waals surface area contributed by atoms with Crippen molar-refractivity contribution in [3.05, 3.63) is 11.1 Å². The quantitative estimate of drug-likeness (QED) is 0.240. The molecular formula is C16H30IN5OS. The van der Waals surface area contributed by atoms with Crippen LogP contribution >= 0.6 is 35.3 Å². The van der Waals surface area contributed by atoms with Crippen LogP contribution in [0.4, 0.5) is 5.13 Å². The number of guanidine groups is 1. The van der Waals surface area contributed by atoms with Gasteiger partial charge in [-0.05, 0) is 32.1 Å². The van der Waals surface area contributed by atoms with Gasteiger partial charge in [0.2, 0.25) is 0 Å². The summed E-state index contributed by atoms with van der Waals surface area (Å²) in [5.74, 6) is 1.68. The molecule has 1 aliphatic rings. The third-order valence-corrected chi connectivity index (χ3v) is 4.53. The van der Waals surface area contributed by atoms with E-state index in [1.54, 1.807) is 11.3 Å². The van der Waals surface area contributed by atoms with E-state index >= 15 is 0 Å². The Bertz CT molecular complexity index is 491. The van der Waals surface area contributed by atoms with E-state index in [4.69, 9.17) is 4.74 Å². The zero-order valence-electron chi connectivity index (χ0n) is 14.9. The van der Waals surface area contributed by atoms with E-state index in [2.05, 4.69) is 32.9 Å². The van der Waals surface area contributed by atoms with Crippen LogP contribution in [0.3, 0.4) is 0 Å². The van der Waals surface area contributed by atoms with Crippen LogP contribution in [0.25, 0.3) is 0 Å². The molecule has 138 valence electrons. The number of nitrogens with one attached hydrogen (secondary N) is 2. The Hall–Kier alpha value is -0.610. The maximum absolute atomic E-state index is 5.64. The SMILES string of the molecule is CCNC(=NCc1csc(N(C)C)n1)NCCCOCC1CC1.I. The van der Waals surface area contributed by atoms with E-state index in [1.807, 2.05) is 19.0 Å². The summed E-state index contributed by atoms with van der Waals surface area (Å²) in [6, 6.07) is 0. The standard InChI is InChI=1S/C16H29N5OS.HI/c1-4-17-15(18-8-5-9-22-11-13-6-7-13)19-10-14-12-23-16(20-14)21(2)3;/h12-13H,4-11H2,1-3H3,(H2,17,18,19);1H. The predicted octanol–water partition coefficient (Wildman–Crippen LogP) is 2.70. The van der Waals surface area contributed by atoms with Gasteiger partial charge in [0, 0.05) is 45.8 Å². The van der Waals surface area contributed by atoms with Crippen molar-refractivity contribution in [3.63, 3.8) is 0 Å². The highest BCUT2D eigenvalue weighted by Gasteiger charge is 2.20. The Labute approximate surface area is 166 Å². The average molecular weight is 467 g/mol. The second kappa shape index (κ2) is 11.9. The van der Waals surface area contributed by atoms with Crippen LogP contribution < -0.4 is 15.5 Å². The van der Waals surface area contributed by atoms with E-state index in [0.29, 0.717) is 6.54 Å². The van der Waals surface area contributed by atoms with Crippen molar-refractivity contribution in [1.82, 2.24) is 15.6 Å². The van der Waals surface area contributed by atoms with Gasteiger partial charge in [0.1, 0.15) is 0 Å². The monoisotopic (exact) mass is 467 g/mol. The minimum absolute atomic E-state index is 0. The lowest BCUT2D eigenvalue weighted by Crippen LogP contribution is -2.38. The topological polar surface area (TPSA) is 61.8 Å². The lowest BCUT2D eigenvalue weighted by atomic mass is 10.4. The zero-order chi connectivity index (χ0) is 16.5. The second-order valence-corrected chi connectivity index (χ2v) is 6.85. The molecule has 2 rings (SSSR count). The van der Waals surface area contributed by atoms with E-state index in [-0.39, 0.29) is 24.0 Å². The van der Waals surface area contributed by atoms with Gasteiger partial charge in [0.05, 0.1) is 12.2 Å². The summed E-state index contributed by atoms with van der Waals surface area (Å²) in [4.78, 5) is 11.2. The summed E-state index contributed by atoms with van der Waals surface area (Å²) in [5.41, 5.74) is 1.00.